The number of benzene rings is 2. The largest absolute Gasteiger partial charge is 0.420 e. The molecule has 0 atom stereocenters. The zero-order valence-electron chi connectivity index (χ0n) is 9.96. The van der Waals surface area contributed by atoms with Crippen LogP contribution >= 0.6 is 0 Å². The molecule has 0 saturated carbocycles. The predicted octanol–water partition coefficient (Wildman–Crippen LogP) is 3.47. The van der Waals surface area contributed by atoms with E-state index in [2.05, 4.69) is 4.18 Å². The Labute approximate surface area is 113 Å². The molecule has 0 bridgehead atoms. The van der Waals surface area contributed by atoms with E-state index in [9.17, 15) is 21.6 Å². The molecule has 0 N–H and O–H groups in total. The molecule has 0 aromatic heterocycles. The van der Waals surface area contributed by atoms with Crippen LogP contribution in [-0.2, 0) is 16.3 Å². The molecule has 0 radical (unpaired) electrons. The number of rotatable bonds is 3. The maximum Gasteiger partial charge on any atom is 0.420 e. The fraction of sp³-hybridized carbons (Fsp3) is 0.0769. The van der Waals surface area contributed by atoms with Crippen molar-refractivity contribution < 1.29 is 25.8 Å². The Bertz CT molecular complexity index is 694. The summed E-state index contributed by atoms with van der Waals surface area (Å²) >= 11 is 0. The van der Waals surface area contributed by atoms with E-state index in [0.717, 1.165) is 18.2 Å². The van der Waals surface area contributed by atoms with Gasteiger partial charge in [-0.1, -0.05) is 30.3 Å². The van der Waals surface area contributed by atoms with Gasteiger partial charge in [0.15, 0.2) is 5.75 Å². The summed E-state index contributed by atoms with van der Waals surface area (Å²) in [5.74, 6) is -0.746. The third-order valence-corrected chi connectivity index (χ3v) is 3.67. The van der Waals surface area contributed by atoms with E-state index in [1.54, 1.807) is 6.07 Å². The molecule has 0 spiro atoms. The van der Waals surface area contributed by atoms with Gasteiger partial charge in [-0.25, -0.2) is 0 Å². The van der Waals surface area contributed by atoms with Crippen molar-refractivity contribution in [2.75, 3.05) is 0 Å². The molecule has 7 heteroatoms. The number of para-hydroxylation sites is 1. The molecule has 0 saturated heterocycles. The normalized spacial score (nSPS) is 12.2. The van der Waals surface area contributed by atoms with Gasteiger partial charge >= 0.3 is 16.3 Å². The summed E-state index contributed by atoms with van der Waals surface area (Å²) in [7, 11) is -4.30. The van der Waals surface area contributed by atoms with Crippen LogP contribution in [0.2, 0.25) is 0 Å². The molecule has 0 aliphatic heterocycles. The first-order chi connectivity index (χ1) is 9.31. The first-order valence-corrected chi connectivity index (χ1v) is 6.87. The van der Waals surface area contributed by atoms with Gasteiger partial charge in [0, 0.05) is 0 Å². The zero-order chi connectivity index (χ0) is 14.8. The van der Waals surface area contributed by atoms with E-state index < -0.39 is 27.6 Å². The zero-order valence-corrected chi connectivity index (χ0v) is 10.8. The van der Waals surface area contributed by atoms with Gasteiger partial charge in [-0.2, -0.15) is 21.6 Å². The maximum atomic E-state index is 12.8. The summed E-state index contributed by atoms with van der Waals surface area (Å²) in [6.45, 7) is 0. The smallest absolute Gasteiger partial charge is 0.378 e. The number of alkyl halides is 3. The third-order valence-electron chi connectivity index (χ3n) is 2.42. The van der Waals surface area contributed by atoms with Crippen LogP contribution < -0.4 is 4.18 Å². The minimum Gasteiger partial charge on any atom is -0.378 e. The molecule has 3 nitrogen and oxygen atoms in total. The molecule has 0 aliphatic rings. The van der Waals surface area contributed by atoms with Crippen molar-refractivity contribution in [2.24, 2.45) is 0 Å². The van der Waals surface area contributed by atoms with Crippen LogP contribution in [0.3, 0.4) is 0 Å². The second kappa shape index (κ2) is 5.16. The average Bonchev–Trinajstić information content (AvgIpc) is 2.39. The first-order valence-electron chi connectivity index (χ1n) is 5.46. The topological polar surface area (TPSA) is 43.4 Å². The molecule has 2 rings (SSSR count). The van der Waals surface area contributed by atoms with Crippen molar-refractivity contribution in [3.63, 3.8) is 0 Å². The maximum absolute atomic E-state index is 12.8. The van der Waals surface area contributed by atoms with Gasteiger partial charge in [0.2, 0.25) is 0 Å². The Balaban J connectivity index is 2.41. The van der Waals surface area contributed by atoms with Crippen molar-refractivity contribution in [1.82, 2.24) is 0 Å². The lowest BCUT2D eigenvalue weighted by molar-refractivity contribution is -0.138. The fourth-order valence-corrected chi connectivity index (χ4v) is 2.50. The Morgan fingerprint density at radius 1 is 0.850 bits per heavy atom. The van der Waals surface area contributed by atoms with Crippen LogP contribution in [-0.4, -0.2) is 8.42 Å². The van der Waals surface area contributed by atoms with Gasteiger partial charge in [-0.3, -0.25) is 0 Å². The number of halogens is 3. The molecule has 0 aliphatic carbocycles. The van der Waals surface area contributed by atoms with E-state index in [0.29, 0.717) is 0 Å². The van der Waals surface area contributed by atoms with Crippen LogP contribution in [0.1, 0.15) is 5.56 Å². The van der Waals surface area contributed by atoms with Gasteiger partial charge < -0.3 is 4.18 Å². The molecule has 0 amide bonds. The van der Waals surface area contributed by atoms with E-state index in [1.807, 2.05) is 0 Å². The van der Waals surface area contributed by atoms with Crippen molar-refractivity contribution in [3.8, 4) is 5.75 Å². The van der Waals surface area contributed by atoms with Crippen molar-refractivity contribution in [1.29, 1.82) is 0 Å². The molecule has 0 unspecified atom stereocenters. The molecule has 2 aromatic carbocycles. The minimum absolute atomic E-state index is 0.211. The van der Waals surface area contributed by atoms with E-state index in [4.69, 9.17) is 0 Å². The summed E-state index contributed by atoms with van der Waals surface area (Å²) in [6.07, 6.45) is -4.69. The Morgan fingerprint density at radius 2 is 1.40 bits per heavy atom. The molecule has 0 fully saturated rings. The minimum atomic E-state index is -4.69. The lowest BCUT2D eigenvalue weighted by Gasteiger charge is -2.13. The lowest BCUT2D eigenvalue weighted by Crippen LogP contribution is -2.14. The molecular weight excluding hydrogens is 293 g/mol. The first kappa shape index (κ1) is 14.4. The highest BCUT2D eigenvalue weighted by Gasteiger charge is 2.35. The van der Waals surface area contributed by atoms with E-state index >= 15 is 0 Å². The van der Waals surface area contributed by atoms with E-state index in [-0.39, 0.29) is 4.90 Å². The Kier molecular flexibility index (Phi) is 3.71. The van der Waals surface area contributed by atoms with Crippen molar-refractivity contribution in [3.05, 3.63) is 60.2 Å². The summed E-state index contributed by atoms with van der Waals surface area (Å²) in [5.41, 5.74) is -1.14. The van der Waals surface area contributed by atoms with E-state index in [1.165, 1.54) is 30.3 Å². The van der Waals surface area contributed by atoms with Gasteiger partial charge in [0.05, 0.1) is 5.56 Å². The highest BCUT2D eigenvalue weighted by atomic mass is 32.2. The van der Waals surface area contributed by atoms with Crippen molar-refractivity contribution >= 4 is 10.1 Å². The molecule has 106 valence electrons. The summed E-state index contributed by atoms with van der Waals surface area (Å²) in [4.78, 5) is -0.211. The van der Waals surface area contributed by atoms with Crippen LogP contribution in [0.5, 0.6) is 5.75 Å². The highest BCUT2D eigenvalue weighted by Crippen LogP contribution is 2.36. The third kappa shape index (κ3) is 3.11. The molecule has 2 aromatic rings. The molecular formula is C13H9F3O3S. The second-order valence-corrected chi connectivity index (χ2v) is 5.39. The van der Waals surface area contributed by atoms with Gasteiger partial charge in [0.25, 0.3) is 0 Å². The molecule has 20 heavy (non-hydrogen) atoms. The molecule has 0 heterocycles. The second-order valence-electron chi connectivity index (χ2n) is 3.84. The highest BCUT2D eigenvalue weighted by molar-refractivity contribution is 7.87. The van der Waals surface area contributed by atoms with Crippen LogP contribution in [0.15, 0.2) is 59.5 Å². The van der Waals surface area contributed by atoms with Crippen LogP contribution in [0, 0.1) is 0 Å². The predicted molar refractivity (Wildman–Crippen MR) is 65.7 cm³/mol. The quantitative estimate of drug-likeness (QED) is 0.815. The van der Waals surface area contributed by atoms with Crippen LogP contribution in [0.4, 0.5) is 13.2 Å². The summed E-state index contributed by atoms with van der Waals surface area (Å²) < 4.78 is 66.6. The fourth-order valence-electron chi connectivity index (χ4n) is 1.53. The SMILES string of the molecule is O=S(=O)(Oc1ccccc1C(F)(F)F)c1ccccc1. The number of hydrogen-bond donors (Lipinski definition) is 0. The van der Waals surface area contributed by atoms with Crippen LogP contribution in [0.25, 0.3) is 0 Å². The van der Waals surface area contributed by atoms with Gasteiger partial charge in [0.1, 0.15) is 4.90 Å². The van der Waals surface area contributed by atoms with Gasteiger partial charge in [-0.15, -0.1) is 0 Å². The lowest BCUT2D eigenvalue weighted by atomic mass is 10.2. The van der Waals surface area contributed by atoms with Gasteiger partial charge in [-0.05, 0) is 24.3 Å². The summed E-state index contributed by atoms with van der Waals surface area (Å²) in [5, 5.41) is 0. The van der Waals surface area contributed by atoms with Crippen molar-refractivity contribution in [2.45, 2.75) is 11.1 Å². The standard InChI is InChI=1S/C13H9F3O3S/c14-13(15,16)11-8-4-5-9-12(11)19-20(17,18)10-6-2-1-3-7-10/h1-9H. The average molecular weight is 302 g/mol. The Hall–Kier alpha value is -2.02. The Morgan fingerprint density at radius 3 is 2.00 bits per heavy atom. The monoisotopic (exact) mass is 302 g/mol. The summed E-state index contributed by atoms with van der Waals surface area (Å²) in [6, 6.07) is 11.1. The number of hydrogen-bond acceptors (Lipinski definition) is 3.